The smallest absolute Gasteiger partial charge is 0.270 e. The minimum Gasteiger partial charge on any atom is -0.467 e. The van der Waals surface area contributed by atoms with Gasteiger partial charge in [0.05, 0.1) is 12.8 Å². The average Bonchev–Trinajstić information content (AvgIpc) is 2.95. The van der Waals surface area contributed by atoms with Crippen LogP contribution in [-0.4, -0.2) is 22.4 Å². The van der Waals surface area contributed by atoms with Gasteiger partial charge in [-0.25, -0.2) is 9.97 Å². The lowest BCUT2D eigenvalue weighted by Gasteiger charge is -2.09. The lowest BCUT2D eigenvalue weighted by molar-refractivity contribution is 0.0943. The van der Waals surface area contributed by atoms with Crippen molar-refractivity contribution in [3.8, 4) is 0 Å². The Morgan fingerprint density at radius 2 is 2.19 bits per heavy atom. The number of carbonyl (C=O) groups excluding carboxylic acids is 1. The number of aryl methyl sites for hydroxylation is 1. The van der Waals surface area contributed by atoms with Crippen LogP contribution >= 0.6 is 0 Å². The molecule has 2 rings (SSSR count). The molecule has 112 valence electrons. The van der Waals surface area contributed by atoms with Gasteiger partial charge in [-0.3, -0.25) is 4.79 Å². The highest BCUT2D eigenvalue weighted by Crippen LogP contribution is 2.09. The van der Waals surface area contributed by atoms with Crippen LogP contribution in [-0.2, 0) is 6.54 Å². The summed E-state index contributed by atoms with van der Waals surface area (Å²) >= 11 is 0. The van der Waals surface area contributed by atoms with Gasteiger partial charge in [0.25, 0.3) is 5.91 Å². The molecule has 0 aliphatic carbocycles. The molecule has 6 nitrogen and oxygen atoms in total. The Labute approximate surface area is 124 Å². The first-order valence-corrected chi connectivity index (χ1v) is 6.94. The Balaban J connectivity index is 2.04. The molecule has 21 heavy (non-hydrogen) atoms. The third kappa shape index (κ3) is 4.59. The number of amides is 1. The van der Waals surface area contributed by atoms with Crippen LogP contribution in [0.2, 0.25) is 0 Å². The van der Waals surface area contributed by atoms with Crippen LogP contribution in [0.5, 0.6) is 0 Å². The van der Waals surface area contributed by atoms with E-state index in [0.717, 1.165) is 5.76 Å². The number of furan rings is 1. The van der Waals surface area contributed by atoms with E-state index in [-0.39, 0.29) is 5.91 Å². The Hall–Kier alpha value is -2.37. The summed E-state index contributed by atoms with van der Waals surface area (Å²) in [4.78, 5) is 20.5. The number of carbonyl (C=O) groups is 1. The molecule has 0 aromatic carbocycles. The van der Waals surface area contributed by atoms with Gasteiger partial charge in [0, 0.05) is 12.6 Å². The molecule has 0 saturated carbocycles. The van der Waals surface area contributed by atoms with E-state index in [1.807, 2.05) is 26.0 Å². The van der Waals surface area contributed by atoms with Crippen molar-refractivity contribution in [2.75, 3.05) is 11.9 Å². The first kappa shape index (κ1) is 15.0. The Morgan fingerprint density at radius 1 is 1.38 bits per heavy atom. The number of aromatic nitrogens is 2. The van der Waals surface area contributed by atoms with E-state index in [4.69, 9.17) is 4.42 Å². The molecular formula is C15H20N4O2. The minimum atomic E-state index is -0.185. The summed E-state index contributed by atoms with van der Waals surface area (Å²) in [5.41, 5.74) is 0.366. The number of hydrogen-bond acceptors (Lipinski definition) is 5. The van der Waals surface area contributed by atoms with Gasteiger partial charge in [-0.15, -0.1) is 0 Å². The average molecular weight is 288 g/mol. The summed E-state index contributed by atoms with van der Waals surface area (Å²) in [5.74, 6) is 2.17. The standard InChI is InChI=1S/C15H20N4O2/c1-10(2)8-17-15(20)13-7-14(19-11(3)18-13)16-9-12-5-4-6-21-12/h4-7,10H,8-9H2,1-3H3,(H,17,20)(H,16,18,19). The van der Waals surface area contributed by atoms with Crippen molar-refractivity contribution in [3.63, 3.8) is 0 Å². The fourth-order valence-electron chi connectivity index (χ4n) is 1.75. The molecule has 0 unspecified atom stereocenters. The highest BCUT2D eigenvalue weighted by Gasteiger charge is 2.11. The molecule has 0 spiro atoms. The second-order valence-electron chi connectivity index (χ2n) is 5.22. The lowest BCUT2D eigenvalue weighted by atomic mass is 10.2. The molecule has 2 aromatic heterocycles. The quantitative estimate of drug-likeness (QED) is 0.853. The van der Waals surface area contributed by atoms with Gasteiger partial charge in [-0.1, -0.05) is 13.8 Å². The van der Waals surface area contributed by atoms with Gasteiger partial charge in [0.15, 0.2) is 0 Å². The first-order valence-electron chi connectivity index (χ1n) is 6.94. The third-order valence-corrected chi connectivity index (χ3v) is 2.77. The summed E-state index contributed by atoms with van der Waals surface area (Å²) in [6.45, 7) is 6.98. The monoisotopic (exact) mass is 288 g/mol. The van der Waals surface area contributed by atoms with Gasteiger partial charge in [-0.05, 0) is 25.0 Å². The molecule has 0 aliphatic rings. The molecule has 2 heterocycles. The molecule has 6 heteroatoms. The highest BCUT2D eigenvalue weighted by atomic mass is 16.3. The van der Waals surface area contributed by atoms with E-state index in [1.54, 1.807) is 19.3 Å². The van der Waals surface area contributed by atoms with Crippen molar-refractivity contribution in [3.05, 3.63) is 41.7 Å². The van der Waals surface area contributed by atoms with Crippen LogP contribution in [0, 0.1) is 12.8 Å². The number of anilines is 1. The molecule has 0 atom stereocenters. The van der Waals surface area contributed by atoms with Crippen LogP contribution in [0.1, 0.15) is 35.9 Å². The second-order valence-corrected chi connectivity index (χ2v) is 5.22. The number of nitrogens with zero attached hydrogens (tertiary/aromatic N) is 2. The summed E-state index contributed by atoms with van der Waals surface area (Å²) in [7, 11) is 0. The van der Waals surface area contributed by atoms with E-state index in [1.165, 1.54) is 0 Å². The maximum Gasteiger partial charge on any atom is 0.270 e. The maximum atomic E-state index is 12.0. The van der Waals surface area contributed by atoms with Crippen LogP contribution in [0.4, 0.5) is 5.82 Å². The zero-order valence-corrected chi connectivity index (χ0v) is 12.5. The van der Waals surface area contributed by atoms with Gasteiger partial charge in [-0.2, -0.15) is 0 Å². The van der Waals surface area contributed by atoms with E-state index in [9.17, 15) is 4.79 Å². The molecule has 0 aliphatic heterocycles. The molecule has 2 aromatic rings. The lowest BCUT2D eigenvalue weighted by Crippen LogP contribution is -2.28. The van der Waals surface area contributed by atoms with Crippen LogP contribution < -0.4 is 10.6 Å². The zero-order chi connectivity index (χ0) is 15.2. The van der Waals surface area contributed by atoms with Crippen molar-refractivity contribution < 1.29 is 9.21 Å². The predicted molar refractivity (Wildman–Crippen MR) is 80.0 cm³/mol. The fourth-order valence-corrected chi connectivity index (χ4v) is 1.75. The topological polar surface area (TPSA) is 80.0 Å². The van der Waals surface area contributed by atoms with Crippen molar-refractivity contribution in [1.82, 2.24) is 15.3 Å². The van der Waals surface area contributed by atoms with Crippen molar-refractivity contribution >= 4 is 11.7 Å². The van der Waals surface area contributed by atoms with E-state index in [2.05, 4.69) is 20.6 Å². The van der Waals surface area contributed by atoms with Crippen LogP contribution in [0.25, 0.3) is 0 Å². The van der Waals surface area contributed by atoms with E-state index >= 15 is 0 Å². The second kappa shape index (κ2) is 6.88. The molecule has 0 bridgehead atoms. The Kier molecular flexibility index (Phi) is 4.92. The third-order valence-electron chi connectivity index (χ3n) is 2.77. The van der Waals surface area contributed by atoms with Gasteiger partial charge in [0.2, 0.25) is 0 Å². The van der Waals surface area contributed by atoms with Crippen LogP contribution in [0.3, 0.4) is 0 Å². The van der Waals surface area contributed by atoms with Gasteiger partial charge < -0.3 is 15.1 Å². The predicted octanol–water partition coefficient (Wildman–Crippen LogP) is 2.38. The zero-order valence-electron chi connectivity index (χ0n) is 12.5. The van der Waals surface area contributed by atoms with Crippen molar-refractivity contribution in [1.29, 1.82) is 0 Å². The molecule has 1 amide bonds. The van der Waals surface area contributed by atoms with Crippen molar-refractivity contribution in [2.24, 2.45) is 5.92 Å². The Bertz CT molecular complexity index is 594. The SMILES string of the molecule is Cc1nc(NCc2ccco2)cc(C(=O)NCC(C)C)n1. The van der Waals surface area contributed by atoms with E-state index < -0.39 is 0 Å². The number of nitrogens with one attached hydrogen (secondary N) is 2. The molecule has 0 saturated heterocycles. The molecular weight excluding hydrogens is 268 g/mol. The molecule has 2 N–H and O–H groups in total. The van der Waals surface area contributed by atoms with E-state index in [0.29, 0.717) is 36.3 Å². The maximum absolute atomic E-state index is 12.0. The summed E-state index contributed by atoms with van der Waals surface area (Å²) in [6.07, 6.45) is 1.62. The highest BCUT2D eigenvalue weighted by molar-refractivity contribution is 5.92. The Morgan fingerprint density at radius 3 is 2.86 bits per heavy atom. The first-order chi connectivity index (χ1) is 10.0. The summed E-state index contributed by atoms with van der Waals surface area (Å²) < 4.78 is 5.24. The van der Waals surface area contributed by atoms with Crippen LogP contribution in [0.15, 0.2) is 28.9 Å². The molecule has 0 fully saturated rings. The number of rotatable bonds is 6. The van der Waals surface area contributed by atoms with Gasteiger partial charge >= 0.3 is 0 Å². The largest absolute Gasteiger partial charge is 0.467 e. The van der Waals surface area contributed by atoms with Gasteiger partial charge in [0.1, 0.15) is 23.1 Å². The normalized spacial score (nSPS) is 10.7. The fraction of sp³-hybridized carbons (Fsp3) is 0.400. The van der Waals surface area contributed by atoms with Crippen molar-refractivity contribution in [2.45, 2.75) is 27.3 Å². The number of hydrogen-bond donors (Lipinski definition) is 2. The summed E-state index contributed by atoms with van der Waals surface area (Å²) in [6, 6.07) is 5.34. The minimum absolute atomic E-state index is 0.185. The molecule has 0 radical (unpaired) electrons. The summed E-state index contributed by atoms with van der Waals surface area (Å²) in [5, 5.41) is 5.97.